The molecule has 3 aromatic rings. The van der Waals surface area contributed by atoms with Gasteiger partial charge < -0.3 is 13.7 Å². The predicted octanol–water partition coefficient (Wildman–Crippen LogP) is 3.21. The lowest BCUT2D eigenvalue weighted by molar-refractivity contribution is 0.143. The van der Waals surface area contributed by atoms with E-state index < -0.39 is 0 Å². The number of ether oxygens (including phenoxy) is 1. The Hall–Kier alpha value is -2.18. The van der Waals surface area contributed by atoms with Gasteiger partial charge in [-0.3, -0.25) is 4.90 Å². The molecule has 0 bridgehead atoms. The van der Waals surface area contributed by atoms with Gasteiger partial charge >= 0.3 is 0 Å². The molecule has 6 nitrogen and oxygen atoms in total. The fraction of sp³-hybridized carbons (Fsp3) is 0.500. The van der Waals surface area contributed by atoms with Crippen LogP contribution in [0.5, 0.6) is 0 Å². The quantitative estimate of drug-likeness (QED) is 0.680. The third kappa shape index (κ3) is 3.15. The molecule has 2 atom stereocenters. The summed E-state index contributed by atoms with van der Waals surface area (Å²) in [6.45, 7) is 8.54. The van der Waals surface area contributed by atoms with Crippen LogP contribution in [0.4, 0.5) is 0 Å². The number of likely N-dealkylation sites (tertiary alicyclic amines) is 1. The molecule has 0 aliphatic carbocycles. The zero-order chi connectivity index (χ0) is 18.1. The Morgan fingerprint density at radius 3 is 2.81 bits per heavy atom. The van der Waals surface area contributed by atoms with Crippen LogP contribution in [-0.2, 0) is 17.8 Å². The van der Waals surface area contributed by atoms with Crippen molar-refractivity contribution in [2.45, 2.75) is 32.9 Å². The molecule has 1 saturated heterocycles. The van der Waals surface area contributed by atoms with Gasteiger partial charge in [0, 0.05) is 63.2 Å². The van der Waals surface area contributed by atoms with Crippen molar-refractivity contribution >= 4 is 10.9 Å². The van der Waals surface area contributed by atoms with Crippen LogP contribution in [0.25, 0.3) is 10.9 Å². The number of aryl methyl sites for hydroxylation is 2. The Morgan fingerprint density at radius 2 is 2.08 bits per heavy atom. The lowest BCUT2D eigenvalue weighted by Gasteiger charge is -2.15. The first-order chi connectivity index (χ1) is 12.7. The molecule has 0 radical (unpaired) electrons. The van der Waals surface area contributed by atoms with Crippen molar-refractivity contribution in [2.75, 3.05) is 26.8 Å². The van der Waals surface area contributed by atoms with E-state index in [0.29, 0.717) is 18.4 Å². The van der Waals surface area contributed by atoms with Crippen molar-refractivity contribution in [2.24, 2.45) is 5.92 Å². The molecule has 1 aromatic carbocycles. The van der Waals surface area contributed by atoms with Crippen molar-refractivity contribution < 1.29 is 9.15 Å². The number of hydrogen-bond acceptors (Lipinski definition) is 5. The molecule has 0 saturated carbocycles. The summed E-state index contributed by atoms with van der Waals surface area (Å²) in [5.74, 6) is 1.97. The molecular weight excluding hydrogens is 328 g/mol. The van der Waals surface area contributed by atoms with Crippen molar-refractivity contribution in [3.63, 3.8) is 0 Å². The van der Waals surface area contributed by atoms with Crippen molar-refractivity contribution in [3.05, 3.63) is 47.8 Å². The van der Waals surface area contributed by atoms with Crippen LogP contribution >= 0.6 is 0 Å². The topological polar surface area (TPSA) is 56.3 Å². The molecule has 26 heavy (non-hydrogen) atoms. The number of para-hydroxylation sites is 1. The highest BCUT2D eigenvalue weighted by Gasteiger charge is 2.37. The highest BCUT2D eigenvalue weighted by molar-refractivity contribution is 5.83. The largest absolute Gasteiger partial charge is 0.425 e. The minimum absolute atomic E-state index is 0.232. The number of nitrogens with zero attached hydrogens (tertiary/aromatic N) is 4. The summed E-state index contributed by atoms with van der Waals surface area (Å²) in [6, 6.07) is 8.65. The van der Waals surface area contributed by atoms with E-state index in [1.54, 1.807) is 7.11 Å². The van der Waals surface area contributed by atoms with Crippen LogP contribution in [0.2, 0.25) is 0 Å². The summed E-state index contributed by atoms with van der Waals surface area (Å²) in [5.41, 5.74) is 2.68. The number of fused-ring (bicyclic) bond motifs is 1. The maximum atomic E-state index is 5.73. The van der Waals surface area contributed by atoms with Crippen LogP contribution in [0.15, 0.2) is 34.9 Å². The van der Waals surface area contributed by atoms with Gasteiger partial charge in [-0.1, -0.05) is 18.2 Å². The van der Waals surface area contributed by atoms with Crippen LogP contribution in [0.1, 0.15) is 30.2 Å². The van der Waals surface area contributed by atoms with E-state index in [-0.39, 0.29) is 5.92 Å². The third-order valence-electron chi connectivity index (χ3n) is 5.36. The van der Waals surface area contributed by atoms with Crippen molar-refractivity contribution in [1.29, 1.82) is 0 Å². The van der Waals surface area contributed by atoms with E-state index in [0.717, 1.165) is 32.1 Å². The maximum Gasteiger partial charge on any atom is 0.221 e. The molecule has 0 amide bonds. The van der Waals surface area contributed by atoms with Gasteiger partial charge in [0.15, 0.2) is 0 Å². The van der Waals surface area contributed by atoms with Gasteiger partial charge in [0.05, 0.1) is 12.5 Å². The third-order valence-corrected chi connectivity index (χ3v) is 5.36. The van der Waals surface area contributed by atoms with Gasteiger partial charge in [-0.15, -0.1) is 10.2 Å². The number of rotatable bonds is 6. The summed E-state index contributed by atoms with van der Waals surface area (Å²) in [6.07, 6.45) is 2.29. The average Bonchev–Trinajstić information content (AvgIpc) is 3.33. The second kappa shape index (κ2) is 7.21. The molecule has 0 spiro atoms. The predicted molar refractivity (Wildman–Crippen MR) is 100 cm³/mol. The molecule has 6 heteroatoms. The Bertz CT molecular complexity index is 885. The van der Waals surface area contributed by atoms with Gasteiger partial charge in [-0.05, 0) is 18.6 Å². The summed E-state index contributed by atoms with van der Waals surface area (Å²) in [5, 5.41) is 9.62. The zero-order valence-electron chi connectivity index (χ0n) is 15.7. The van der Waals surface area contributed by atoms with Gasteiger partial charge in [0.1, 0.15) is 0 Å². The summed E-state index contributed by atoms with van der Waals surface area (Å²) in [7, 11) is 1.76. The molecule has 4 rings (SSSR count). The lowest BCUT2D eigenvalue weighted by Crippen LogP contribution is -2.21. The Kier molecular flexibility index (Phi) is 4.78. The maximum absolute atomic E-state index is 5.73. The molecule has 0 N–H and O–H groups in total. The fourth-order valence-corrected chi connectivity index (χ4v) is 4.17. The van der Waals surface area contributed by atoms with Crippen LogP contribution in [0, 0.1) is 12.8 Å². The van der Waals surface area contributed by atoms with Gasteiger partial charge in [-0.25, -0.2) is 0 Å². The van der Waals surface area contributed by atoms with Gasteiger partial charge in [0.25, 0.3) is 0 Å². The average molecular weight is 354 g/mol. The summed E-state index contributed by atoms with van der Waals surface area (Å²) >= 11 is 0. The number of methoxy groups -OCH3 is 1. The molecule has 3 heterocycles. The Labute approximate surface area is 153 Å². The molecule has 1 aliphatic heterocycles. The van der Waals surface area contributed by atoms with Crippen LogP contribution in [-0.4, -0.2) is 46.5 Å². The van der Waals surface area contributed by atoms with E-state index in [9.17, 15) is 0 Å². The first-order valence-corrected chi connectivity index (χ1v) is 9.27. The standard InChI is InChI=1S/C20H26N4O2/c1-4-24-11-15(17-7-5-6-8-19(17)24)9-23-10-16(13-25-3)18(12-23)20-22-21-14(2)26-20/h5-8,11,16,18H,4,9-10,12-13H2,1-3H3/t16-,18+/m0/s1. The Morgan fingerprint density at radius 1 is 1.23 bits per heavy atom. The van der Waals surface area contributed by atoms with E-state index in [1.165, 1.54) is 16.5 Å². The smallest absolute Gasteiger partial charge is 0.221 e. The highest BCUT2D eigenvalue weighted by atomic mass is 16.5. The summed E-state index contributed by atoms with van der Waals surface area (Å²) < 4.78 is 13.5. The first kappa shape index (κ1) is 17.2. The molecular formula is C20H26N4O2. The minimum atomic E-state index is 0.232. The first-order valence-electron chi connectivity index (χ1n) is 9.27. The zero-order valence-corrected chi connectivity index (χ0v) is 15.7. The second-order valence-corrected chi connectivity index (χ2v) is 7.13. The lowest BCUT2D eigenvalue weighted by atomic mass is 9.97. The summed E-state index contributed by atoms with van der Waals surface area (Å²) in [4.78, 5) is 2.48. The minimum Gasteiger partial charge on any atom is -0.425 e. The van der Waals surface area contributed by atoms with Crippen molar-refractivity contribution in [3.8, 4) is 0 Å². The molecule has 1 aliphatic rings. The molecule has 2 aromatic heterocycles. The highest BCUT2D eigenvalue weighted by Crippen LogP contribution is 2.34. The van der Waals surface area contributed by atoms with Crippen molar-refractivity contribution in [1.82, 2.24) is 19.7 Å². The van der Waals surface area contributed by atoms with E-state index >= 15 is 0 Å². The Balaban J connectivity index is 1.57. The second-order valence-electron chi connectivity index (χ2n) is 7.13. The monoisotopic (exact) mass is 354 g/mol. The van der Waals surface area contributed by atoms with Gasteiger partial charge in [-0.2, -0.15) is 0 Å². The van der Waals surface area contributed by atoms with E-state index in [1.807, 2.05) is 6.92 Å². The SMILES string of the molecule is CCn1cc(CN2C[C@@H](COC)[C@H](c3nnc(C)o3)C2)c2ccccc21. The molecule has 0 unspecified atom stereocenters. The van der Waals surface area contributed by atoms with Gasteiger partial charge in [0.2, 0.25) is 11.8 Å². The molecule has 138 valence electrons. The van der Waals surface area contributed by atoms with E-state index in [4.69, 9.17) is 9.15 Å². The number of benzene rings is 1. The fourth-order valence-electron chi connectivity index (χ4n) is 4.17. The number of hydrogen-bond donors (Lipinski definition) is 0. The molecule has 1 fully saturated rings. The normalized spacial score (nSPS) is 21.0. The van der Waals surface area contributed by atoms with E-state index in [2.05, 4.69) is 57.1 Å². The number of aromatic nitrogens is 3. The van der Waals surface area contributed by atoms with Crippen LogP contribution < -0.4 is 0 Å². The van der Waals surface area contributed by atoms with Crippen LogP contribution in [0.3, 0.4) is 0 Å².